The average Bonchev–Trinajstić information content (AvgIpc) is 3.94. The minimum Gasteiger partial charge on any atom is -0.489 e. The van der Waals surface area contributed by atoms with E-state index in [-0.39, 0.29) is 60.5 Å². The summed E-state index contributed by atoms with van der Waals surface area (Å²) in [5.41, 5.74) is 5.38. The number of carbonyl (C=O) groups is 2. The van der Waals surface area contributed by atoms with Crippen molar-refractivity contribution in [2.45, 2.75) is 87.9 Å². The van der Waals surface area contributed by atoms with Crippen LogP contribution in [0.4, 0.5) is 17.6 Å². The molecule has 15 nitrogen and oxygen atoms in total. The molecule has 4 heterocycles. The van der Waals surface area contributed by atoms with Gasteiger partial charge in [0.25, 0.3) is 5.91 Å². The van der Waals surface area contributed by atoms with Crippen molar-refractivity contribution in [2.75, 3.05) is 52.5 Å². The van der Waals surface area contributed by atoms with E-state index in [9.17, 15) is 38.8 Å². The predicted octanol–water partition coefficient (Wildman–Crippen LogP) is 9.72. The smallest absolute Gasteiger partial charge is 0.399 e. The molecule has 8 N–H and O–H groups in total. The van der Waals surface area contributed by atoms with E-state index < -0.39 is 64.7 Å². The Morgan fingerprint density at radius 1 is 0.658 bits per heavy atom. The molecule has 1 unspecified atom stereocenters. The van der Waals surface area contributed by atoms with Crippen molar-refractivity contribution >= 4 is 80.2 Å². The van der Waals surface area contributed by atoms with Crippen molar-refractivity contribution in [2.24, 2.45) is 5.73 Å². The normalized spacial score (nSPS) is 15.9. The van der Waals surface area contributed by atoms with Crippen molar-refractivity contribution in [1.82, 2.24) is 15.1 Å². The Balaban J connectivity index is 0.000000231. The molecule has 0 bridgehead atoms. The zero-order valence-electron chi connectivity index (χ0n) is 41.6. The van der Waals surface area contributed by atoms with Crippen molar-refractivity contribution in [3.8, 4) is 11.5 Å². The molecule has 2 aliphatic rings. The molecule has 4 atom stereocenters. The van der Waals surface area contributed by atoms with Gasteiger partial charge in [0.1, 0.15) is 42.0 Å². The number of halogens is 8. The number of likely N-dealkylation sites (tertiary alicyclic amines) is 2. The molecule has 6 aromatic rings. The molecule has 2 aromatic heterocycles. The summed E-state index contributed by atoms with van der Waals surface area (Å²) in [6.07, 6.45) is 0.0344. The van der Waals surface area contributed by atoms with Gasteiger partial charge >= 0.3 is 17.8 Å². The Labute approximate surface area is 467 Å². The van der Waals surface area contributed by atoms with E-state index in [0.29, 0.717) is 55.0 Å². The van der Waals surface area contributed by atoms with E-state index >= 15 is 8.78 Å². The molecule has 76 heavy (non-hydrogen) atoms. The molecule has 0 aliphatic carbocycles. The number of carboxylic acids is 1. The van der Waals surface area contributed by atoms with Gasteiger partial charge in [0.05, 0.1) is 33.4 Å². The number of aliphatic carboxylic acids is 1. The fraction of sp³-hybridized carbons (Fsp3) is 0.423. The molecule has 2 fully saturated rings. The fourth-order valence-corrected chi connectivity index (χ4v) is 8.32. The summed E-state index contributed by atoms with van der Waals surface area (Å²) in [6.45, 7) is 11.0. The SMILES string of the molecule is CC(C)(O)COc1ccc(C(O)[C@H](N)CN2CCC2)cc1Cl.CC(C)(O)COc1ccc([C@@H](O)[C@@H](CN2CCC2)NC(=O)C(F)(F)c2cc3cc(Cl)ccc3o2)cc1Cl.O=C(O)C(F)(F)c1cc2cc(Cl)ccc2o1.[V]. The number of fused-ring (bicyclic) bond motifs is 2. The minimum absolute atomic E-state index is 0. The van der Waals surface area contributed by atoms with Crippen LogP contribution in [0.5, 0.6) is 11.5 Å². The fourth-order valence-electron chi connectivity index (χ4n) is 7.47. The second-order valence-corrected chi connectivity index (χ2v) is 21.3. The number of nitrogens with two attached hydrogens (primary N) is 1. The van der Waals surface area contributed by atoms with Crippen molar-refractivity contribution in [3.63, 3.8) is 0 Å². The van der Waals surface area contributed by atoms with E-state index in [1.807, 2.05) is 4.90 Å². The van der Waals surface area contributed by atoms with Crippen LogP contribution in [0.2, 0.25) is 20.1 Å². The summed E-state index contributed by atoms with van der Waals surface area (Å²) in [4.78, 5) is 27.3. The van der Waals surface area contributed by atoms with Gasteiger partial charge in [0.2, 0.25) is 0 Å². The maximum atomic E-state index is 15.2. The molecule has 2 saturated heterocycles. The second-order valence-electron chi connectivity index (χ2n) is 19.6. The van der Waals surface area contributed by atoms with E-state index in [4.69, 9.17) is 75.6 Å². The van der Waals surface area contributed by atoms with Gasteiger partial charge in [-0.1, -0.05) is 58.5 Å². The number of benzene rings is 4. The summed E-state index contributed by atoms with van der Waals surface area (Å²) in [5.74, 6) is -12.8. The summed E-state index contributed by atoms with van der Waals surface area (Å²) in [7, 11) is 0. The number of alkyl halides is 4. The largest absolute Gasteiger partial charge is 0.489 e. The number of nitrogens with zero attached hydrogens (tertiary/aromatic N) is 2. The standard InChI is InChI=1S/C26H28Cl2F2N2O5.C16H25ClN2O3.C10H5ClF2O3.V/c1-25(2,35)14-36-21-6-4-15(11-18(21)28)23(33)19(13-32-8-3-9-32)31-24(34)26(29,30)22-12-16-10-17(27)5-7-20(16)37-22;1-16(2,21)10-22-14-5-4-11(8-12(14)17)15(20)13(18)9-19-6-3-7-19;11-6-1-2-7-5(3-6)4-8(16-7)10(12,13)9(14)15;/h4-7,10-12,19,23,33,35H,3,8-9,13-14H2,1-2H3,(H,31,34);4-5,8,13,15,20-21H,3,6-7,9-10,18H2,1-2H3;1-4H,(H,14,15);/t19-,23-;13-,15?;;/m11../s1. The van der Waals surface area contributed by atoms with Crippen LogP contribution >= 0.6 is 46.4 Å². The number of ether oxygens (including phenoxy) is 2. The molecule has 2 aliphatic heterocycles. The second kappa shape index (κ2) is 26.1. The minimum atomic E-state index is -4.04. The third-order valence-corrected chi connectivity index (χ3v) is 12.9. The zero-order chi connectivity index (χ0) is 55.2. The number of rotatable bonds is 19. The van der Waals surface area contributed by atoms with Crippen LogP contribution in [-0.4, -0.2) is 123 Å². The monoisotopic (exact) mass is 1180 g/mol. The van der Waals surface area contributed by atoms with Gasteiger partial charge in [-0.25, -0.2) is 4.79 Å². The molecule has 4 aromatic carbocycles. The van der Waals surface area contributed by atoms with Gasteiger partial charge in [0.15, 0.2) is 11.5 Å². The summed E-state index contributed by atoms with van der Waals surface area (Å²) in [6, 6.07) is 19.0. The van der Waals surface area contributed by atoms with Crippen molar-refractivity contribution in [3.05, 3.63) is 128 Å². The third kappa shape index (κ3) is 16.8. The topological polar surface area (TPSA) is 225 Å². The van der Waals surface area contributed by atoms with Crippen LogP contribution in [0.25, 0.3) is 21.9 Å². The molecule has 413 valence electrons. The van der Waals surface area contributed by atoms with E-state index in [1.54, 1.807) is 45.9 Å². The first kappa shape index (κ1) is 62.5. The average molecular weight is 1180 g/mol. The number of aliphatic hydroxyl groups excluding tert-OH is 2. The molecular formula is C52H58Cl4F4N4O11V. The van der Waals surface area contributed by atoms with Crippen LogP contribution in [-0.2, 0) is 40.0 Å². The number of hydrogen-bond donors (Lipinski definition) is 7. The Bertz CT molecular complexity index is 2930. The zero-order valence-corrected chi connectivity index (χ0v) is 46.0. The first-order valence-corrected chi connectivity index (χ1v) is 25.1. The van der Waals surface area contributed by atoms with Gasteiger partial charge in [-0.15, -0.1) is 0 Å². The predicted molar refractivity (Wildman–Crippen MR) is 276 cm³/mol. The maximum Gasteiger partial charge on any atom is 0.399 e. The Morgan fingerprint density at radius 3 is 1.47 bits per heavy atom. The van der Waals surface area contributed by atoms with Gasteiger partial charge < -0.3 is 64.7 Å². The number of hydrogen-bond acceptors (Lipinski definition) is 13. The Hall–Kier alpha value is -4.32. The number of amides is 1. The molecule has 0 saturated carbocycles. The Morgan fingerprint density at radius 2 is 1.08 bits per heavy atom. The van der Waals surface area contributed by atoms with Gasteiger partial charge in [-0.2, -0.15) is 17.6 Å². The molecular weight excluding hydrogens is 1130 g/mol. The maximum absolute atomic E-state index is 15.2. The quantitative estimate of drug-likeness (QED) is 0.0375. The molecule has 0 spiro atoms. The Kier molecular flexibility index (Phi) is 21.5. The van der Waals surface area contributed by atoms with Crippen molar-refractivity contribution in [1.29, 1.82) is 0 Å². The van der Waals surface area contributed by atoms with Crippen LogP contribution in [0.15, 0.2) is 93.8 Å². The van der Waals surface area contributed by atoms with Gasteiger partial charge in [-0.05, 0) is 151 Å². The van der Waals surface area contributed by atoms with Gasteiger partial charge in [0, 0.05) is 58.5 Å². The van der Waals surface area contributed by atoms with E-state index in [2.05, 4.69) is 10.2 Å². The van der Waals surface area contributed by atoms with E-state index in [1.165, 1.54) is 61.0 Å². The number of nitrogens with one attached hydrogen (secondary N) is 1. The first-order valence-electron chi connectivity index (χ1n) is 23.6. The van der Waals surface area contributed by atoms with Gasteiger partial charge in [-0.3, -0.25) is 4.79 Å². The first-order chi connectivity index (χ1) is 35.0. The molecule has 8 rings (SSSR count). The van der Waals surface area contributed by atoms with Crippen LogP contribution in [0, 0.1) is 0 Å². The third-order valence-electron chi connectivity index (χ3n) is 11.8. The van der Waals surface area contributed by atoms with Crippen LogP contribution in [0.1, 0.15) is 75.4 Å². The summed E-state index contributed by atoms with van der Waals surface area (Å²) in [5, 5.41) is 53.6. The van der Waals surface area contributed by atoms with Crippen molar-refractivity contribution < 1.29 is 89.5 Å². The number of carboxylic acid groups (broad SMARTS) is 1. The summed E-state index contributed by atoms with van der Waals surface area (Å²) < 4.78 is 77.5. The summed E-state index contributed by atoms with van der Waals surface area (Å²) >= 11 is 24.1. The number of aliphatic hydroxyl groups is 4. The van der Waals surface area contributed by atoms with E-state index in [0.717, 1.165) is 44.7 Å². The molecule has 24 heteroatoms. The molecule has 1 radical (unpaired) electrons. The number of furan rings is 2. The van der Waals surface area contributed by atoms with Crippen LogP contribution in [0.3, 0.4) is 0 Å². The number of carbonyl (C=O) groups excluding carboxylic acids is 1. The molecule has 1 amide bonds. The van der Waals surface area contributed by atoms with Crippen LogP contribution < -0.4 is 20.5 Å².